The highest BCUT2D eigenvalue weighted by Gasteiger charge is 2.13. The number of anilines is 1. The van der Waals surface area contributed by atoms with Crippen molar-refractivity contribution < 1.29 is 0 Å². The molecule has 3 heteroatoms. The second-order valence-corrected chi connectivity index (χ2v) is 4.00. The Hall–Kier alpha value is -1.09. The third kappa shape index (κ3) is 2.69. The van der Waals surface area contributed by atoms with Gasteiger partial charge in [-0.05, 0) is 37.1 Å². The van der Waals surface area contributed by atoms with E-state index in [0.29, 0.717) is 0 Å². The highest BCUT2D eigenvalue weighted by atomic mass is 15.2. The Bertz CT molecular complexity index is 305. The van der Waals surface area contributed by atoms with Crippen LogP contribution in [0.1, 0.15) is 25.3 Å². The summed E-state index contributed by atoms with van der Waals surface area (Å²) in [5, 5.41) is 3.34. The van der Waals surface area contributed by atoms with Crippen LogP contribution in [0.25, 0.3) is 0 Å². The fourth-order valence-corrected chi connectivity index (χ4v) is 1.96. The van der Waals surface area contributed by atoms with E-state index in [0.717, 1.165) is 32.0 Å². The predicted molar refractivity (Wildman–Crippen MR) is 63.1 cm³/mol. The first-order valence-electron chi connectivity index (χ1n) is 5.80. The molecule has 1 N–H and O–H groups in total. The number of pyridine rings is 1. The van der Waals surface area contributed by atoms with E-state index in [4.69, 9.17) is 0 Å². The summed E-state index contributed by atoms with van der Waals surface area (Å²) in [5.41, 5.74) is 1.33. The first-order chi connectivity index (χ1) is 7.40. The summed E-state index contributed by atoms with van der Waals surface area (Å²) in [5.74, 6) is 1.14. The van der Waals surface area contributed by atoms with E-state index in [9.17, 15) is 0 Å². The van der Waals surface area contributed by atoms with Gasteiger partial charge in [0.05, 0.1) is 0 Å². The number of nitrogens with zero attached hydrogens (tertiary/aromatic N) is 2. The molecule has 82 valence electrons. The third-order valence-electron chi connectivity index (χ3n) is 2.82. The van der Waals surface area contributed by atoms with Crippen LogP contribution >= 0.6 is 0 Å². The van der Waals surface area contributed by atoms with Gasteiger partial charge in [-0.1, -0.05) is 6.92 Å². The molecule has 0 bridgehead atoms. The highest BCUT2D eigenvalue weighted by molar-refractivity contribution is 5.41. The Morgan fingerprint density at radius 1 is 1.40 bits per heavy atom. The van der Waals surface area contributed by atoms with Crippen molar-refractivity contribution in [2.24, 2.45) is 0 Å². The topological polar surface area (TPSA) is 28.2 Å². The molecule has 1 aromatic heterocycles. The maximum Gasteiger partial charge on any atom is 0.128 e. The molecule has 3 nitrogen and oxygen atoms in total. The Morgan fingerprint density at radius 3 is 2.93 bits per heavy atom. The molecule has 0 spiro atoms. The minimum absolute atomic E-state index is 0.944. The number of aromatic nitrogens is 1. The minimum Gasteiger partial charge on any atom is -0.357 e. The van der Waals surface area contributed by atoms with Crippen LogP contribution in [-0.2, 0) is 6.54 Å². The Morgan fingerprint density at radius 2 is 2.20 bits per heavy atom. The Kier molecular flexibility index (Phi) is 3.56. The first kappa shape index (κ1) is 10.4. The van der Waals surface area contributed by atoms with Crippen LogP contribution in [0.5, 0.6) is 0 Å². The molecule has 0 atom stereocenters. The van der Waals surface area contributed by atoms with Crippen molar-refractivity contribution in [3.8, 4) is 0 Å². The van der Waals surface area contributed by atoms with Crippen LogP contribution in [0.2, 0.25) is 0 Å². The second kappa shape index (κ2) is 5.12. The summed E-state index contributed by atoms with van der Waals surface area (Å²) in [4.78, 5) is 6.80. The lowest BCUT2D eigenvalue weighted by Gasteiger charge is -2.16. The van der Waals surface area contributed by atoms with Crippen LogP contribution < -0.4 is 10.2 Å². The summed E-state index contributed by atoms with van der Waals surface area (Å²) >= 11 is 0. The Balaban J connectivity index is 2.04. The van der Waals surface area contributed by atoms with Gasteiger partial charge in [0.15, 0.2) is 0 Å². The normalized spacial score (nSPS) is 15.9. The molecule has 2 rings (SSSR count). The maximum absolute atomic E-state index is 4.43. The lowest BCUT2D eigenvalue weighted by atomic mass is 10.2. The largest absolute Gasteiger partial charge is 0.357 e. The average molecular weight is 205 g/mol. The molecule has 0 aliphatic carbocycles. The van der Waals surface area contributed by atoms with E-state index in [1.165, 1.54) is 18.4 Å². The van der Waals surface area contributed by atoms with Gasteiger partial charge in [0.1, 0.15) is 5.82 Å². The summed E-state index contributed by atoms with van der Waals surface area (Å²) in [7, 11) is 0. The van der Waals surface area contributed by atoms with Crippen LogP contribution in [-0.4, -0.2) is 24.6 Å². The number of rotatable bonds is 4. The highest BCUT2D eigenvalue weighted by Crippen LogP contribution is 2.18. The lowest BCUT2D eigenvalue weighted by Crippen LogP contribution is -2.19. The summed E-state index contributed by atoms with van der Waals surface area (Å²) in [6, 6.07) is 4.29. The predicted octanol–water partition coefficient (Wildman–Crippen LogP) is 1.79. The number of hydrogen-bond donors (Lipinski definition) is 1. The minimum atomic E-state index is 0.944. The van der Waals surface area contributed by atoms with Gasteiger partial charge in [-0.15, -0.1) is 0 Å². The van der Waals surface area contributed by atoms with Crippen molar-refractivity contribution in [1.29, 1.82) is 0 Å². The van der Waals surface area contributed by atoms with Gasteiger partial charge in [-0.2, -0.15) is 0 Å². The third-order valence-corrected chi connectivity index (χ3v) is 2.82. The molecule has 0 unspecified atom stereocenters. The Labute approximate surface area is 91.5 Å². The molecule has 1 aliphatic rings. The average Bonchev–Trinajstić information content (AvgIpc) is 2.80. The van der Waals surface area contributed by atoms with E-state index in [1.807, 2.05) is 6.20 Å². The summed E-state index contributed by atoms with van der Waals surface area (Å²) in [6.45, 7) is 6.42. The van der Waals surface area contributed by atoms with Crippen molar-refractivity contribution >= 4 is 5.82 Å². The van der Waals surface area contributed by atoms with Gasteiger partial charge >= 0.3 is 0 Å². The molecule has 2 heterocycles. The van der Waals surface area contributed by atoms with Gasteiger partial charge in [-0.25, -0.2) is 4.98 Å². The fraction of sp³-hybridized carbons (Fsp3) is 0.583. The zero-order valence-electron chi connectivity index (χ0n) is 9.37. The number of nitrogens with one attached hydrogen (secondary N) is 1. The summed E-state index contributed by atoms with van der Waals surface area (Å²) in [6.07, 6.45) is 4.53. The smallest absolute Gasteiger partial charge is 0.128 e. The standard InChI is InChI=1S/C12H19N3/c1-2-13-10-11-5-6-14-12(9-11)15-7-3-4-8-15/h5-6,9,13H,2-4,7-8,10H2,1H3. The molecule has 1 aromatic rings. The molecule has 1 fully saturated rings. The van der Waals surface area contributed by atoms with Gasteiger partial charge in [0.2, 0.25) is 0 Å². The molecule has 0 aromatic carbocycles. The van der Waals surface area contributed by atoms with Crippen molar-refractivity contribution in [3.05, 3.63) is 23.9 Å². The molecule has 15 heavy (non-hydrogen) atoms. The van der Waals surface area contributed by atoms with Gasteiger partial charge in [0.25, 0.3) is 0 Å². The van der Waals surface area contributed by atoms with E-state index < -0.39 is 0 Å². The lowest BCUT2D eigenvalue weighted by molar-refractivity contribution is 0.725. The van der Waals surface area contributed by atoms with E-state index in [-0.39, 0.29) is 0 Å². The zero-order chi connectivity index (χ0) is 10.5. The second-order valence-electron chi connectivity index (χ2n) is 4.00. The van der Waals surface area contributed by atoms with E-state index in [1.54, 1.807) is 0 Å². The summed E-state index contributed by atoms with van der Waals surface area (Å²) < 4.78 is 0. The maximum atomic E-state index is 4.43. The first-order valence-corrected chi connectivity index (χ1v) is 5.80. The van der Waals surface area contributed by atoms with Gasteiger partial charge in [-0.3, -0.25) is 0 Å². The quantitative estimate of drug-likeness (QED) is 0.812. The van der Waals surface area contributed by atoms with Crippen molar-refractivity contribution in [3.63, 3.8) is 0 Å². The molecule has 1 aliphatic heterocycles. The van der Waals surface area contributed by atoms with Crippen LogP contribution in [0.4, 0.5) is 5.82 Å². The molecule has 0 radical (unpaired) electrons. The van der Waals surface area contributed by atoms with Crippen LogP contribution in [0.3, 0.4) is 0 Å². The van der Waals surface area contributed by atoms with Crippen molar-refractivity contribution in [1.82, 2.24) is 10.3 Å². The van der Waals surface area contributed by atoms with Crippen LogP contribution in [0.15, 0.2) is 18.3 Å². The molecule has 1 saturated heterocycles. The molecular formula is C12H19N3. The monoisotopic (exact) mass is 205 g/mol. The SMILES string of the molecule is CCNCc1ccnc(N2CCCC2)c1. The van der Waals surface area contributed by atoms with Gasteiger partial charge in [0, 0.05) is 25.8 Å². The van der Waals surface area contributed by atoms with E-state index >= 15 is 0 Å². The number of hydrogen-bond acceptors (Lipinski definition) is 3. The van der Waals surface area contributed by atoms with Gasteiger partial charge < -0.3 is 10.2 Å². The molecular weight excluding hydrogens is 186 g/mol. The zero-order valence-corrected chi connectivity index (χ0v) is 9.37. The van der Waals surface area contributed by atoms with Crippen molar-refractivity contribution in [2.45, 2.75) is 26.3 Å². The van der Waals surface area contributed by atoms with Crippen molar-refractivity contribution in [2.75, 3.05) is 24.5 Å². The fourth-order valence-electron chi connectivity index (χ4n) is 1.96. The van der Waals surface area contributed by atoms with E-state index in [2.05, 4.69) is 34.3 Å². The molecule has 0 amide bonds. The molecule has 0 saturated carbocycles. The van der Waals surface area contributed by atoms with Crippen LogP contribution in [0, 0.1) is 0 Å².